The average Bonchev–Trinajstić information content (AvgIpc) is 2.41. The molecule has 19 heavy (non-hydrogen) atoms. The number of hydrogen-bond acceptors (Lipinski definition) is 4. The Morgan fingerprint density at radius 3 is 3.00 bits per heavy atom. The van der Waals surface area contributed by atoms with Crippen molar-refractivity contribution in [3.8, 4) is 0 Å². The summed E-state index contributed by atoms with van der Waals surface area (Å²) in [6, 6.07) is 5.62. The van der Waals surface area contributed by atoms with Crippen molar-refractivity contribution in [1.82, 2.24) is 4.90 Å². The van der Waals surface area contributed by atoms with Gasteiger partial charge in [-0.05, 0) is 11.6 Å². The van der Waals surface area contributed by atoms with Gasteiger partial charge in [0.25, 0.3) is 0 Å². The molecule has 1 unspecified atom stereocenters. The first kappa shape index (κ1) is 14.7. The Bertz CT molecular complexity index is 470. The van der Waals surface area contributed by atoms with Crippen LogP contribution in [-0.2, 0) is 11.3 Å². The van der Waals surface area contributed by atoms with Gasteiger partial charge in [0.15, 0.2) is 0 Å². The van der Waals surface area contributed by atoms with E-state index in [-0.39, 0.29) is 12.6 Å². The Morgan fingerprint density at radius 1 is 1.58 bits per heavy atom. The van der Waals surface area contributed by atoms with Gasteiger partial charge in [0.2, 0.25) is 0 Å². The molecule has 0 spiro atoms. The fourth-order valence-corrected chi connectivity index (χ4v) is 2.48. The molecule has 3 N–H and O–H groups in total. The number of aliphatic hydroxyl groups excluding tert-OH is 1. The fraction of sp³-hybridized carbons (Fsp3) is 0.462. The normalized spacial score (nSPS) is 20.4. The largest absolute Gasteiger partial charge is 0.395 e. The molecule has 1 saturated heterocycles. The number of halogens is 1. The van der Waals surface area contributed by atoms with Crippen molar-refractivity contribution < 1.29 is 9.84 Å². The van der Waals surface area contributed by atoms with Crippen LogP contribution in [0.4, 0.5) is 0 Å². The molecule has 1 aromatic carbocycles. The van der Waals surface area contributed by atoms with Crippen LogP contribution in [0, 0.1) is 0 Å². The number of ether oxygens (including phenoxy) is 1. The number of rotatable bonds is 4. The van der Waals surface area contributed by atoms with E-state index in [0.29, 0.717) is 29.8 Å². The first-order chi connectivity index (χ1) is 9.11. The van der Waals surface area contributed by atoms with Crippen LogP contribution < -0.4 is 5.73 Å². The lowest BCUT2D eigenvalue weighted by Crippen LogP contribution is -2.46. The highest BCUT2D eigenvalue weighted by Crippen LogP contribution is 2.21. The number of nitrogens with two attached hydrogens (primary N) is 1. The minimum absolute atomic E-state index is 0.0279. The Kier molecular flexibility index (Phi) is 5.13. The van der Waals surface area contributed by atoms with E-state index in [4.69, 9.17) is 34.3 Å². The van der Waals surface area contributed by atoms with Crippen LogP contribution in [0.25, 0.3) is 0 Å². The smallest absolute Gasteiger partial charge is 0.104 e. The van der Waals surface area contributed by atoms with E-state index in [1.165, 1.54) is 0 Å². The van der Waals surface area contributed by atoms with Crippen molar-refractivity contribution in [3.05, 3.63) is 34.3 Å². The van der Waals surface area contributed by atoms with Crippen LogP contribution in [0.1, 0.15) is 11.1 Å². The third-order valence-electron chi connectivity index (χ3n) is 3.27. The fourth-order valence-electron chi connectivity index (χ4n) is 2.11. The predicted octanol–water partition coefficient (Wildman–Crippen LogP) is 1.17. The second-order valence-corrected chi connectivity index (χ2v) is 5.40. The second-order valence-electron chi connectivity index (χ2n) is 4.55. The summed E-state index contributed by atoms with van der Waals surface area (Å²) in [5.41, 5.74) is 7.34. The Labute approximate surface area is 123 Å². The highest BCUT2D eigenvalue weighted by molar-refractivity contribution is 7.80. The number of morpholine rings is 1. The molecule has 0 radical (unpaired) electrons. The van der Waals surface area contributed by atoms with E-state index in [1.54, 1.807) is 6.07 Å². The van der Waals surface area contributed by atoms with Gasteiger partial charge in [-0.25, -0.2) is 0 Å². The zero-order chi connectivity index (χ0) is 13.8. The Morgan fingerprint density at radius 2 is 2.37 bits per heavy atom. The first-order valence-corrected chi connectivity index (χ1v) is 6.91. The summed E-state index contributed by atoms with van der Waals surface area (Å²) in [6.07, 6.45) is 0. The van der Waals surface area contributed by atoms with Crippen molar-refractivity contribution in [1.29, 1.82) is 0 Å². The van der Waals surface area contributed by atoms with Crippen LogP contribution in [0.15, 0.2) is 18.2 Å². The van der Waals surface area contributed by atoms with Crippen molar-refractivity contribution in [2.24, 2.45) is 5.73 Å². The third-order valence-corrected chi connectivity index (χ3v) is 3.86. The lowest BCUT2D eigenvalue weighted by molar-refractivity contribution is -0.0312. The van der Waals surface area contributed by atoms with E-state index in [0.717, 1.165) is 17.7 Å². The van der Waals surface area contributed by atoms with Crippen LogP contribution in [0.2, 0.25) is 5.02 Å². The summed E-state index contributed by atoms with van der Waals surface area (Å²) in [5, 5.41) is 9.98. The number of benzene rings is 1. The Balaban J connectivity index is 2.11. The SMILES string of the molecule is NC(=S)c1ccc(CN2CCOCC2CO)c(Cl)c1. The minimum Gasteiger partial charge on any atom is -0.395 e. The zero-order valence-electron chi connectivity index (χ0n) is 10.5. The van der Waals surface area contributed by atoms with E-state index in [1.807, 2.05) is 12.1 Å². The molecule has 1 atom stereocenters. The number of thiocarbonyl (C=S) groups is 1. The van der Waals surface area contributed by atoms with Gasteiger partial charge in [-0.2, -0.15) is 0 Å². The number of nitrogens with zero attached hydrogens (tertiary/aromatic N) is 1. The molecule has 1 aliphatic heterocycles. The van der Waals surface area contributed by atoms with E-state index >= 15 is 0 Å². The van der Waals surface area contributed by atoms with Gasteiger partial charge in [-0.1, -0.05) is 36.0 Å². The van der Waals surface area contributed by atoms with E-state index in [2.05, 4.69) is 4.90 Å². The molecular formula is C13H17ClN2O2S. The van der Waals surface area contributed by atoms with Gasteiger partial charge in [0.1, 0.15) is 4.99 Å². The molecule has 4 nitrogen and oxygen atoms in total. The lowest BCUT2D eigenvalue weighted by atomic mass is 10.1. The maximum absolute atomic E-state index is 9.34. The quantitative estimate of drug-likeness (QED) is 0.818. The monoisotopic (exact) mass is 300 g/mol. The van der Waals surface area contributed by atoms with Crippen LogP contribution in [0.5, 0.6) is 0 Å². The summed E-state index contributed by atoms with van der Waals surface area (Å²) >= 11 is 11.2. The van der Waals surface area contributed by atoms with Gasteiger partial charge in [-0.3, -0.25) is 4.90 Å². The zero-order valence-corrected chi connectivity index (χ0v) is 12.1. The van der Waals surface area contributed by atoms with Gasteiger partial charge < -0.3 is 15.6 Å². The summed E-state index contributed by atoms with van der Waals surface area (Å²) in [6.45, 7) is 2.80. The summed E-state index contributed by atoms with van der Waals surface area (Å²) < 4.78 is 5.35. The molecule has 1 fully saturated rings. The third kappa shape index (κ3) is 3.64. The van der Waals surface area contributed by atoms with Crippen molar-refractivity contribution in [2.45, 2.75) is 12.6 Å². The molecule has 1 aliphatic rings. The molecule has 0 saturated carbocycles. The van der Waals surface area contributed by atoms with Gasteiger partial charge >= 0.3 is 0 Å². The van der Waals surface area contributed by atoms with Gasteiger partial charge in [-0.15, -0.1) is 0 Å². The Hall–Kier alpha value is -0.720. The van der Waals surface area contributed by atoms with Crippen LogP contribution in [0.3, 0.4) is 0 Å². The van der Waals surface area contributed by atoms with Crippen LogP contribution >= 0.6 is 23.8 Å². The molecule has 0 aliphatic carbocycles. The molecule has 1 heterocycles. The van der Waals surface area contributed by atoms with Crippen LogP contribution in [-0.4, -0.2) is 47.4 Å². The maximum atomic E-state index is 9.34. The summed E-state index contributed by atoms with van der Waals surface area (Å²) in [5.74, 6) is 0. The highest BCUT2D eigenvalue weighted by Gasteiger charge is 2.22. The van der Waals surface area contributed by atoms with Crippen molar-refractivity contribution >= 4 is 28.8 Å². The molecule has 104 valence electrons. The summed E-state index contributed by atoms with van der Waals surface area (Å²) in [7, 11) is 0. The standard InChI is InChI=1S/C13H17ClN2O2S/c14-12-5-9(13(15)19)1-2-10(12)6-16-3-4-18-8-11(16)7-17/h1-2,5,11,17H,3-4,6-8H2,(H2,15,19). The number of aliphatic hydroxyl groups is 1. The average molecular weight is 301 g/mol. The molecule has 2 rings (SSSR count). The number of hydrogen-bond donors (Lipinski definition) is 2. The molecular weight excluding hydrogens is 284 g/mol. The second kappa shape index (κ2) is 6.63. The predicted molar refractivity (Wildman–Crippen MR) is 79.4 cm³/mol. The van der Waals surface area contributed by atoms with Gasteiger partial charge in [0, 0.05) is 23.7 Å². The molecule has 1 aromatic rings. The van der Waals surface area contributed by atoms with E-state index < -0.39 is 0 Å². The first-order valence-electron chi connectivity index (χ1n) is 6.12. The molecule has 6 heteroatoms. The molecule has 0 bridgehead atoms. The molecule has 0 amide bonds. The minimum atomic E-state index is 0.0279. The van der Waals surface area contributed by atoms with Gasteiger partial charge in [0.05, 0.1) is 25.9 Å². The molecule has 0 aromatic heterocycles. The van der Waals surface area contributed by atoms with Crippen molar-refractivity contribution in [2.75, 3.05) is 26.4 Å². The summed E-state index contributed by atoms with van der Waals surface area (Å²) in [4.78, 5) is 2.51. The maximum Gasteiger partial charge on any atom is 0.104 e. The lowest BCUT2D eigenvalue weighted by Gasteiger charge is -2.34. The van der Waals surface area contributed by atoms with Crippen molar-refractivity contribution in [3.63, 3.8) is 0 Å². The highest BCUT2D eigenvalue weighted by atomic mass is 35.5. The topological polar surface area (TPSA) is 58.7 Å². The van der Waals surface area contributed by atoms with E-state index in [9.17, 15) is 5.11 Å².